The van der Waals surface area contributed by atoms with Crippen molar-refractivity contribution < 1.29 is 22.7 Å². The molecule has 2 heterocycles. The maximum Gasteiger partial charge on any atom is 0.259 e. The summed E-state index contributed by atoms with van der Waals surface area (Å²) in [5.74, 6) is -1.06. The number of nitrogens with one attached hydrogen (secondary N) is 1. The Kier molecular flexibility index (Phi) is 6.00. The van der Waals surface area contributed by atoms with Gasteiger partial charge in [-0.3, -0.25) is 19.0 Å². The SMILES string of the molecule is O=C(c1ccc(NS(=O)O)cc1F)N1CCN(CC2CCCO2)CC1. The van der Waals surface area contributed by atoms with Crippen LogP contribution in [0.1, 0.15) is 23.2 Å². The molecule has 9 heteroatoms. The molecule has 2 aliphatic rings. The number of hydrogen-bond donors (Lipinski definition) is 2. The minimum atomic E-state index is -2.28. The zero-order chi connectivity index (χ0) is 17.8. The minimum Gasteiger partial charge on any atom is -0.377 e. The van der Waals surface area contributed by atoms with Crippen molar-refractivity contribution in [1.29, 1.82) is 0 Å². The fourth-order valence-electron chi connectivity index (χ4n) is 3.23. The molecule has 2 fully saturated rings. The van der Waals surface area contributed by atoms with Gasteiger partial charge in [-0.25, -0.2) is 8.60 Å². The van der Waals surface area contributed by atoms with E-state index in [1.54, 1.807) is 4.90 Å². The Morgan fingerprint density at radius 3 is 2.72 bits per heavy atom. The van der Waals surface area contributed by atoms with Gasteiger partial charge in [0.25, 0.3) is 17.2 Å². The third-order valence-electron chi connectivity index (χ3n) is 4.55. The first-order chi connectivity index (χ1) is 12.0. The maximum atomic E-state index is 14.2. The van der Waals surface area contributed by atoms with Gasteiger partial charge in [0.2, 0.25) is 0 Å². The Bertz CT molecular complexity index is 646. The lowest BCUT2D eigenvalue weighted by molar-refractivity contribution is 0.0430. The summed E-state index contributed by atoms with van der Waals surface area (Å²) in [5.41, 5.74) is 0.123. The number of halogens is 1. The summed E-state index contributed by atoms with van der Waals surface area (Å²) in [6, 6.07) is 3.80. The molecule has 0 radical (unpaired) electrons. The lowest BCUT2D eigenvalue weighted by atomic mass is 10.1. The van der Waals surface area contributed by atoms with Gasteiger partial charge >= 0.3 is 0 Å². The van der Waals surface area contributed by atoms with Crippen molar-refractivity contribution in [2.45, 2.75) is 18.9 Å². The van der Waals surface area contributed by atoms with Gasteiger partial charge in [0.1, 0.15) is 5.82 Å². The predicted molar refractivity (Wildman–Crippen MR) is 92.1 cm³/mol. The highest BCUT2D eigenvalue weighted by Crippen LogP contribution is 2.19. The molecule has 2 saturated heterocycles. The number of carbonyl (C=O) groups is 1. The van der Waals surface area contributed by atoms with Crippen molar-refractivity contribution in [2.75, 3.05) is 44.1 Å². The summed E-state index contributed by atoms with van der Waals surface area (Å²) in [6.45, 7) is 4.30. The van der Waals surface area contributed by atoms with Gasteiger partial charge in [-0.15, -0.1) is 0 Å². The second kappa shape index (κ2) is 8.22. The van der Waals surface area contributed by atoms with E-state index in [4.69, 9.17) is 9.29 Å². The Hall–Kier alpha value is -1.55. The number of nitrogens with zero attached hydrogens (tertiary/aromatic N) is 2. The Balaban J connectivity index is 1.56. The quantitative estimate of drug-likeness (QED) is 0.763. The molecule has 1 aromatic rings. The predicted octanol–water partition coefficient (Wildman–Crippen LogP) is 1.31. The first kappa shape index (κ1) is 18.2. The number of benzene rings is 1. The third-order valence-corrected chi connectivity index (χ3v) is 4.96. The van der Waals surface area contributed by atoms with Crippen molar-refractivity contribution >= 4 is 22.9 Å². The van der Waals surface area contributed by atoms with Crippen molar-refractivity contribution in [2.24, 2.45) is 0 Å². The Labute approximate surface area is 148 Å². The largest absolute Gasteiger partial charge is 0.377 e. The number of ether oxygens (including phenoxy) is 1. The van der Waals surface area contributed by atoms with E-state index in [1.807, 2.05) is 0 Å². The van der Waals surface area contributed by atoms with Crippen LogP contribution in [0.25, 0.3) is 0 Å². The van der Waals surface area contributed by atoms with Crippen LogP contribution in [0, 0.1) is 5.82 Å². The van der Waals surface area contributed by atoms with Gasteiger partial charge in [0, 0.05) is 39.3 Å². The average molecular weight is 371 g/mol. The summed E-state index contributed by atoms with van der Waals surface area (Å²) in [6.07, 6.45) is 2.48. The number of anilines is 1. The molecule has 0 spiro atoms. The van der Waals surface area contributed by atoms with Crippen LogP contribution in [0.2, 0.25) is 0 Å². The molecule has 2 atom stereocenters. The second-order valence-corrected chi connectivity index (χ2v) is 6.98. The van der Waals surface area contributed by atoms with E-state index in [2.05, 4.69) is 9.62 Å². The standard InChI is InChI=1S/C16H22FN3O4S/c17-15-10-12(18-25(22)23)3-4-14(15)16(21)20-7-5-19(6-8-20)11-13-2-1-9-24-13/h3-4,10,13,18H,1-2,5-9,11H2,(H,22,23). The Morgan fingerprint density at radius 2 is 2.12 bits per heavy atom. The number of piperazine rings is 1. The van der Waals surface area contributed by atoms with Crippen molar-refractivity contribution in [3.05, 3.63) is 29.6 Å². The highest BCUT2D eigenvalue weighted by Gasteiger charge is 2.26. The molecule has 0 saturated carbocycles. The minimum absolute atomic E-state index is 0.0261. The molecule has 0 bridgehead atoms. The summed E-state index contributed by atoms with van der Waals surface area (Å²) < 4.78 is 41.4. The molecular weight excluding hydrogens is 349 g/mol. The summed E-state index contributed by atoms with van der Waals surface area (Å²) in [7, 11) is 0. The average Bonchev–Trinajstić information content (AvgIpc) is 3.07. The van der Waals surface area contributed by atoms with Crippen molar-refractivity contribution in [3.8, 4) is 0 Å². The van der Waals surface area contributed by atoms with Gasteiger partial charge in [0.15, 0.2) is 0 Å². The molecule has 2 unspecified atom stereocenters. The van der Waals surface area contributed by atoms with Crippen LogP contribution in [0.15, 0.2) is 18.2 Å². The van der Waals surface area contributed by atoms with Crippen LogP contribution in [-0.2, 0) is 16.0 Å². The fourth-order valence-corrected chi connectivity index (χ4v) is 3.56. The van der Waals surface area contributed by atoms with E-state index in [1.165, 1.54) is 12.1 Å². The van der Waals surface area contributed by atoms with Crippen molar-refractivity contribution in [1.82, 2.24) is 9.80 Å². The number of rotatable bonds is 5. The fraction of sp³-hybridized carbons (Fsp3) is 0.562. The third kappa shape index (κ3) is 4.75. The monoisotopic (exact) mass is 371 g/mol. The van der Waals surface area contributed by atoms with Crippen molar-refractivity contribution in [3.63, 3.8) is 0 Å². The smallest absolute Gasteiger partial charge is 0.259 e. The first-order valence-corrected chi connectivity index (χ1v) is 9.44. The molecule has 0 aliphatic carbocycles. The van der Waals surface area contributed by atoms with Gasteiger partial charge in [-0.1, -0.05) is 0 Å². The van der Waals surface area contributed by atoms with Gasteiger partial charge in [-0.2, -0.15) is 0 Å². The van der Waals surface area contributed by atoms with Crippen LogP contribution in [0.4, 0.5) is 10.1 Å². The maximum absolute atomic E-state index is 14.2. The zero-order valence-electron chi connectivity index (χ0n) is 13.8. The highest BCUT2D eigenvalue weighted by molar-refractivity contribution is 7.80. The van der Waals surface area contributed by atoms with Gasteiger partial charge in [-0.05, 0) is 31.0 Å². The Morgan fingerprint density at radius 1 is 1.36 bits per heavy atom. The van der Waals surface area contributed by atoms with Crippen LogP contribution in [0.5, 0.6) is 0 Å². The molecule has 7 nitrogen and oxygen atoms in total. The summed E-state index contributed by atoms with van der Waals surface area (Å²) in [5, 5.41) is 0. The van der Waals surface area contributed by atoms with Gasteiger partial charge < -0.3 is 9.64 Å². The van der Waals surface area contributed by atoms with Gasteiger partial charge in [0.05, 0.1) is 17.4 Å². The van der Waals surface area contributed by atoms with E-state index < -0.39 is 17.1 Å². The summed E-state index contributed by atoms with van der Waals surface area (Å²) in [4.78, 5) is 16.4. The molecule has 1 aromatic carbocycles. The van der Waals surface area contributed by atoms with Crippen LogP contribution in [-0.4, -0.2) is 69.9 Å². The highest BCUT2D eigenvalue weighted by atomic mass is 32.2. The first-order valence-electron chi connectivity index (χ1n) is 8.33. The van der Waals surface area contributed by atoms with E-state index in [0.717, 1.165) is 45.1 Å². The van der Waals surface area contributed by atoms with E-state index in [9.17, 15) is 13.4 Å². The zero-order valence-corrected chi connectivity index (χ0v) is 14.6. The molecule has 1 amide bonds. The second-order valence-electron chi connectivity index (χ2n) is 6.27. The molecule has 2 N–H and O–H groups in total. The van der Waals surface area contributed by atoms with E-state index in [0.29, 0.717) is 13.1 Å². The summed E-state index contributed by atoms with van der Waals surface area (Å²) >= 11 is -2.28. The van der Waals surface area contributed by atoms with E-state index in [-0.39, 0.29) is 23.3 Å². The van der Waals surface area contributed by atoms with E-state index >= 15 is 0 Å². The molecule has 0 aromatic heterocycles. The van der Waals surface area contributed by atoms with Crippen LogP contribution >= 0.6 is 0 Å². The normalized spacial score (nSPS) is 22.8. The topological polar surface area (TPSA) is 82.1 Å². The molecule has 25 heavy (non-hydrogen) atoms. The number of hydrogen-bond acceptors (Lipinski definition) is 4. The number of amides is 1. The van der Waals surface area contributed by atoms with Crippen LogP contribution < -0.4 is 4.72 Å². The molecule has 3 rings (SSSR count). The lowest BCUT2D eigenvalue weighted by Gasteiger charge is -2.35. The lowest BCUT2D eigenvalue weighted by Crippen LogP contribution is -2.50. The molecular formula is C16H22FN3O4S. The van der Waals surface area contributed by atoms with Crippen LogP contribution in [0.3, 0.4) is 0 Å². The molecule has 138 valence electrons. The number of carbonyl (C=O) groups excluding carboxylic acids is 1. The molecule has 2 aliphatic heterocycles.